The molecule has 0 atom stereocenters. The second-order valence-corrected chi connectivity index (χ2v) is 5.90. The number of unbranched alkanes of at least 4 members (excludes halogenated alkanes) is 12. The molecule has 0 heterocycles. The molecule has 0 rings (SSSR count). The number of aliphatic hydroxyl groups excluding tert-OH is 1. The van der Waals surface area contributed by atoms with E-state index in [4.69, 9.17) is 5.11 Å². The van der Waals surface area contributed by atoms with Gasteiger partial charge >= 0.3 is 0 Å². The molecule has 0 fully saturated rings. The Balaban J connectivity index is 0. The van der Waals surface area contributed by atoms with Gasteiger partial charge in [0.15, 0.2) is 0 Å². The molecule has 21 heavy (non-hydrogen) atoms. The van der Waals surface area contributed by atoms with E-state index in [-0.39, 0.29) is 6.61 Å². The van der Waals surface area contributed by atoms with Crippen LogP contribution < -0.4 is 0 Å². The van der Waals surface area contributed by atoms with Crippen molar-refractivity contribution in [3.05, 3.63) is 12.2 Å². The summed E-state index contributed by atoms with van der Waals surface area (Å²) >= 11 is 0. The van der Waals surface area contributed by atoms with Gasteiger partial charge in [-0.3, -0.25) is 0 Å². The van der Waals surface area contributed by atoms with Crippen molar-refractivity contribution in [3.8, 4) is 0 Å². The summed E-state index contributed by atoms with van der Waals surface area (Å²) in [6, 6.07) is 0. The summed E-state index contributed by atoms with van der Waals surface area (Å²) in [5, 5.41) is 7.57. The van der Waals surface area contributed by atoms with Gasteiger partial charge in [-0.25, -0.2) is 0 Å². The van der Waals surface area contributed by atoms with Gasteiger partial charge in [0.25, 0.3) is 0 Å². The zero-order valence-corrected chi connectivity index (χ0v) is 15.2. The minimum absolute atomic E-state index is 0.250. The molecule has 1 heteroatoms. The van der Waals surface area contributed by atoms with Crippen molar-refractivity contribution in [1.82, 2.24) is 0 Å². The molecule has 0 unspecified atom stereocenters. The van der Waals surface area contributed by atoms with Crippen LogP contribution in [0.4, 0.5) is 0 Å². The topological polar surface area (TPSA) is 20.2 Å². The fourth-order valence-corrected chi connectivity index (χ4v) is 2.32. The molecular weight excluding hydrogens is 256 g/mol. The zero-order valence-electron chi connectivity index (χ0n) is 15.2. The van der Waals surface area contributed by atoms with E-state index < -0.39 is 0 Å². The third kappa shape index (κ3) is 28.6. The van der Waals surface area contributed by atoms with Gasteiger partial charge in [-0.2, -0.15) is 0 Å². The number of aliphatic hydroxyl groups is 1. The molecule has 0 radical (unpaired) electrons. The van der Waals surface area contributed by atoms with Crippen LogP contribution in [0.25, 0.3) is 0 Å². The third-order valence-electron chi connectivity index (χ3n) is 3.62. The Kier molecular flexibility index (Phi) is 27.0. The van der Waals surface area contributed by atoms with Gasteiger partial charge in [0, 0.05) is 6.61 Å². The predicted octanol–water partition coefficient (Wildman–Crippen LogP) is 7.04. The van der Waals surface area contributed by atoms with Crippen molar-refractivity contribution in [2.45, 2.75) is 111 Å². The second-order valence-electron chi connectivity index (χ2n) is 5.90. The lowest BCUT2D eigenvalue weighted by molar-refractivity contribution is 0.318. The lowest BCUT2D eigenvalue weighted by Crippen LogP contribution is -1.79. The lowest BCUT2D eigenvalue weighted by atomic mass is 10.1. The van der Waals surface area contributed by atoms with Crippen molar-refractivity contribution in [2.75, 3.05) is 6.61 Å². The predicted molar refractivity (Wildman–Crippen MR) is 97.9 cm³/mol. The van der Waals surface area contributed by atoms with E-state index in [1.165, 1.54) is 89.9 Å². The molecule has 1 N–H and O–H groups in total. The quantitative estimate of drug-likeness (QED) is 0.269. The Morgan fingerprint density at radius 2 is 0.810 bits per heavy atom. The third-order valence-corrected chi connectivity index (χ3v) is 3.62. The lowest BCUT2D eigenvalue weighted by Gasteiger charge is -1.98. The van der Waals surface area contributed by atoms with E-state index in [9.17, 15) is 0 Å². The van der Waals surface area contributed by atoms with Gasteiger partial charge < -0.3 is 5.11 Å². The molecule has 0 aliphatic heterocycles. The molecule has 0 amide bonds. The van der Waals surface area contributed by atoms with E-state index in [0.29, 0.717) is 0 Å². The summed E-state index contributed by atoms with van der Waals surface area (Å²) in [5.74, 6) is 0. The standard InChI is InChI=1S/C18H36.C2H6O/c1-3-5-7-9-11-13-15-17-18-16-14-12-10-8-6-4-2;1-2-3/h17-18H,3-16H2,1-2H3;3H,2H2,1H3/b18-17-;. The van der Waals surface area contributed by atoms with Crippen LogP contribution in [0.2, 0.25) is 0 Å². The minimum atomic E-state index is 0.250. The molecule has 0 saturated heterocycles. The fraction of sp³-hybridized carbons (Fsp3) is 0.900. The zero-order chi connectivity index (χ0) is 16.0. The highest BCUT2D eigenvalue weighted by molar-refractivity contribution is 4.81. The fourth-order valence-electron chi connectivity index (χ4n) is 2.32. The van der Waals surface area contributed by atoms with Crippen LogP contribution in [0.3, 0.4) is 0 Å². The van der Waals surface area contributed by atoms with Crippen LogP contribution in [0.15, 0.2) is 12.2 Å². The first-order chi connectivity index (χ1) is 10.3. The van der Waals surface area contributed by atoms with E-state index in [1.54, 1.807) is 6.92 Å². The Morgan fingerprint density at radius 3 is 1.14 bits per heavy atom. The van der Waals surface area contributed by atoms with Crippen molar-refractivity contribution in [3.63, 3.8) is 0 Å². The van der Waals surface area contributed by atoms with Crippen molar-refractivity contribution < 1.29 is 5.11 Å². The van der Waals surface area contributed by atoms with Gasteiger partial charge in [0.05, 0.1) is 0 Å². The van der Waals surface area contributed by atoms with Crippen LogP contribution in [0.5, 0.6) is 0 Å². The summed E-state index contributed by atoms with van der Waals surface area (Å²) in [5.41, 5.74) is 0. The van der Waals surface area contributed by atoms with E-state index in [1.807, 2.05) is 0 Å². The van der Waals surface area contributed by atoms with Crippen molar-refractivity contribution in [2.24, 2.45) is 0 Å². The summed E-state index contributed by atoms with van der Waals surface area (Å²) in [6.45, 7) is 6.50. The van der Waals surface area contributed by atoms with E-state index >= 15 is 0 Å². The molecule has 0 saturated carbocycles. The van der Waals surface area contributed by atoms with Gasteiger partial charge in [0.1, 0.15) is 0 Å². The van der Waals surface area contributed by atoms with Gasteiger partial charge in [-0.1, -0.05) is 90.2 Å². The molecule has 0 aromatic rings. The molecule has 0 aromatic carbocycles. The van der Waals surface area contributed by atoms with Crippen molar-refractivity contribution in [1.29, 1.82) is 0 Å². The smallest absolute Gasteiger partial charge is 0.0402 e. The number of hydrogen-bond acceptors (Lipinski definition) is 1. The molecule has 128 valence electrons. The molecule has 0 aliphatic carbocycles. The maximum absolute atomic E-state index is 7.57. The largest absolute Gasteiger partial charge is 0.397 e. The van der Waals surface area contributed by atoms with Gasteiger partial charge in [-0.05, 0) is 32.6 Å². The molecule has 0 spiro atoms. The summed E-state index contributed by atoms with van der Waals surface area (Å²) in [7, 11) is 0. The van der Waals surface area contributed by atoms with E-state index in [2.05, 4.69) is 26.0 Å². The van der Waals surface area contributed by atoms with Crippen LogP contribution in [-0.2, 0) is 0 Å². The highest BCUT2D eigenvalue weighted by Gasteiger charge is 1.89. The normalized spacial score (nSPS) is 10.7. The average Bonchev–Trinajstić information content (AvgIpc) is 2.48. The molecular formula is C20H42O. The Labute approximate surface area is 135 Å². The van der Waals surface area contributed by atoms with Crippen LogP contribution >= 0.6 is 0 Å². The Morgan fingerprint density at radius 1 is 0.524 bits per heavy atom. The molecule has 0 aliphatic rings. The summed E-state index contributed by atoms with van der Waals surface area (Å²) in [4.78, 5) is 0. The van der Waals surface area contributed by atoms with Crippen LogP contribution in [-0.4, -0.2) is 11.7 Å². The maximum Gasteiger partial charge on any atom is 0.0402 e. The monoisotopic (exact) mass is 298 g/mol. The Hall–Kier alpha value is -0.300. The first-order valence-corrected chi connectivity index (χ1v) is 9.59. The van der Waals surface area contributed by atoms with Crippen molar-refractivity contribution >= 4 is 0 Å². The van der Waals surface area contributed by atoms with Gasteiger partial charge in [-0.15, -0.1) is 0 Å². The van der Waals surface area contributed by atoms with Crippen LogP contribution in [0.1, 0.15) is 111 Å². The maximum atomic E-state index is 7.57. The first-order valence-electron chi connectivity index (χ1n) is 9.59. The number of hydrogen-bond donors (Lipinski definition) is 1. The minimum Gasteiger partial charge on any atom is -0.397 e. The first kappa shape index (κ1) is 23.0. The van der Waals surface area contributed by atoms with Gasteiger partial charge in [0.2, 0.25) is 0 Å². The average molecular weight is 299 g/mol. The molecule has 0 bridgehead atoms. The summed E-state index contributed by atoms with van der Waals surface area (Å²) < 4.78 is 0. The SMILES string of the molecule is CCCCCCCC/C=C\CCCCCCCC.CCO. The number of rotatable bonds is 14. The van der Waals surface area contributed by atoms with E-state index in [0.717, 1.165) is 0 Å². The highest BCUT2D eigenvalue weighted by atomic mass is 16.2. The Bertz CT molecular complexity index is 157. The molecule has 0 aromatic heterocycles. The second kappa shape index (κ2) is 24.7. The highest BCUT2D eigenvalue weighted by Crippen LogP contribution is 2.09. The number of allylic oxidation sites excluding steroid dienone is 2. The summed E-state index contributed by atoms with van der Waals surface area (Å²) in [6.07, 6.45) is 24.4. The molecule has 1 nitrogen and oxygen atoms in total. The van der Waals surface area contributed by atoms with Crippen LogP contribution in [0, 0.1) is 0 Å².